The molecule has 29 heavy (non-hydrogen) atoms. The molecule has 0 radical (unpaired) electrons. The van der Waals surface area contributed by atoms with E-state index in [9.17, 15) is 57.8 Å². The van der Waals surface area contributed by atoms with Crippen LogP contribution in [0, 0.1) is 0 Å². The number of carbonyl (C=O) groups is 1. The Morgan fingerprint density at radius 2 is 1.34 bits per heavy atom. The number of hydrogen-bond donors (Lipinski definition) is 0. The van der Waals surface area contributed by atoms with Gasteiger partial charge in [0.05, 0.1) is 0 Å². The molecule has 0 bridgehead atoms. The molecular formula is C13H17F9KNO4S. The van der Waals surface area contributed by atoms with E-state index >= 15 is 0 Å². The van der Waals surface area contributed by atoms with Gasteiger partial charge in [0.2, 0.25) is 0 Å². The number of carbonyl (C=O) groups excluding carboxylic acids is 1. The fourth-order valence-electron chi connectivity index (χ4n) is 2.02. The molecule has 0 aliphatic heterocycles. The first-order valence-electron chi connectivity index (χ1n) is 7.77. The summed E-state index contributed by atoms with van der Waals surface area (Å²) < 4.78 is 140. The smallest absolute Gasteiger partial charge is 0.550 e. The van der Waals surface area contributed by atoms with E-state index in [0.717, 1.165) is 0 Å². The van der Waals surface area contributed by atoms with Crippen molar-refractivity contribution in [2.45, 2.75) is 62.3 Å². The van der Waals surface area contributed by atoms with Crippen LogP contribution in [0.5, 0.6) is 0 Å². The molecule has 0 aliphatic carbocycles. The van der Waals surface area contributed by atoms with Crippen LogP contribution in [-0.2, 0) is 14.8 Å². The van der Waals surface area contributed by atoms with Crippen LogP contribution in [-0.4, -0.2) is 55.1 Å². The van der Waals surface area contributed by atoms with Crippen molar-refractivity contribution in [1.29, 1.82) is 0 Å². The molecule has 0 aromatic heterocycles. The van der Waals surface area contributed by atoms with Gasteiger partial charge in [-0.05, 0) is 25.7 Å². The van der Waals surface area contributed by atoms with E-state index in [1.54, 1.807) is 0 Å². The molecule has 0 heterocycles. The van der Waals surface area contributed by atoms with Gasteiger partial charge < -0.3 is 9.90 Å². The first kappa shape index (κ1) is 31.6. The molecule has 5 nitrogen and oxygen atoms in total. The minimum absolute atomic E-state index is 0. The quantitative estimate of drug-likeness (QED) is 0.214. The predicted octanol–water partition coefficient (Wildman–Crippen LogP) is -0.232. The number of halogens is 9. The molecule has 0 unspecified atom stereocenters. The van der Waals surface area contributed by atoms with Gasteiger partial charge in [-0.15, -0.1) is 0 Å². The summed E-state index contributed by atoms with van der Waals surface area (Å²) in [4.78, 5) is 10.2. The van der Waals surface area contributed by atoms with Crippen molar-refractivity contribution in [1.82, 2.24) is 4.31 Å². The minimum atomic E-state index is -7.32. The van der Waals surface area contributed by atoms with Crippen molar-refractivity contribution in [3.63, 3.8) is 0 Å². The van der Waals surface area contributed by atoms with Crippen molar-refractivity contribution >= 4 is 16.0 Å². The number of hydrogen-bond acceptors (Lipinski definition) is 4. The minimum Gasteiger partial charge on any atom is -0.550 e. The number of aliphatic carboxylic acids is 1. The first-order chi connectivity index (χ1) is 12.4. The van der Waals surface area contributed by atoms with E-state index in [4.69, 9.17) is 0 Å². The summed E-state index contributed by atoms with van der Waals surface area (Å²) in [5.74, 6) is -16.1. The second-order valence-electron chi connectivity index (χ2n) is 5.75. The molecule has 0 aromatic rings. The maximum Gasteiger partial charge on any atom is 1.00 e. The number of unbranched alkanes of at least 4 members (excludes halogenated alkanes) is 2. The standard InChI is InChI=1S/C13H18F9NO4S.K/c1-2-7-23(8-5-3-4-6-9(24)25)28(26,27)13(21,22)11(16,17)10(14,15)12(18,19)20;/h2-8H2,1H3,(H,24,25);/q;+1/p-1. The van der Waals surface area contributed by atoms with Crippen molar-refractivity contribution < 1.29 is 109 Å². The molecule has 0 rings (SSSR count). The van der Waals surface area contributed by atoms with E-state index < -0.39 is 58.8 Å². The summed E-state index contributed by atoms with van der Waals surface area (Å²) in [5, 5.41) is 3.45. The number of nitrogens with zero attached hydrogens (tertiary/aromatic N) is 1. The summed E-state index contributed by atoms with van der Waals surface area (Å²) >= 11 is 0. The van der Waals surface area contributed by atoms with Gasteiger partial charge in [-0.2, -0.15) is 43.8 Å². The summed E-state index contributed by atoms with van der Waals surface area (Å²) in [7, 11) is -6.63. The molecule has 0 saturated heterocycles. The van der Waals surface area contributed by atoms with Gasteiger partial charge in [0.15, 0.2) is 0 Å². The average molecular weight is 493 g/mol. The first-order valence-corrected chi connectivity index (χ1v) is 9.21. The third kappa shape index (κ3) is 6.93. The zero-order chi connectivity index (χ0) is 22.6. The Bertz CT molecular complexity index is 641. The molecule has 0 aromatic carbocycles. The van der Waals surface area contributed by atoms with Crippen LogP contribution < -0.4 is 56.5 Å². The van der Waals surface area contributed by atoms with E-state index in [0.29, 0.717) is 0 Å². The van der Waals surface area contributed by atoms with Crippen LogP contribution >= 0.6 is 0 Å². The van der Waals surface area contributed by atoms with Crippen molar-refractivity contribution in [3.8, 4) is 0 Å². The van der Waals surface area contributed by atoms with Crippen LogP contribution in [0.1, 0.15) is 39.0 Å². The average Bonchev–Trinajstić information content (AvgIpc) is 2.51. The fourth-order valence-corrected chi connectivity index (χ4v) is 3.59. The van der Waals surface area contributed by atoms with Crippen molar-refractivity contribution in [3.05, 3.63) is 0 Å². The normalized spacial score (nSPS) is 14.0. The second kappa shape index (κ2) is 11.3. The molecule has 0 aliphatic rings. The van der Waals surface area contributed by atoms with Crippen LogP contribution in [0.25, 0.3) is 0 Å². The van der Waals surface area contributed by atoms with Crippen LogP contribution in [0.15, 0.2) is 0 Å². The number of sulfonamides is 1. The van der Waals surface area contributed by atoms with Crippen LogP contribution in [0.4, 0.5) is 39.5 Å². The topological polar surface area (TPSA) is 77.5 Å². The third-order valence-corrected chi connectivity index (χ3v) is 5.49. The van der Waals surface area contributed by atoms with Crippen LogP contribution in [0.2, 0.25) is 0 Å². The molecule has 16 heteroatoms. The zero-order valence-corrected chi connectivity index (χ0v) is 19.3. The zero-order valence-electron chi connectivity index (χ0n) is 15.3. The van der Waals surface area contributed by atoms with E-state index in [-0.39, 0.29) is 81.4 Å². The largest absolute Gasteiger partial charge is 1.00 e. The molecule has 0 N–H and O–H groups in total. The summed E-state index contributed by atoms with van der Waals surface area (Å²) in [6.07, 6.45) is -8.33. The number of carboxylic acid groups (broad SMARTS) is 1. The third-order valence-electron chi connectivity index (χ3n) is 3.54. The Morgan fingerprint density at radius 3 is 1.72 bits per heavy atom. The summed E-state index contributed by atoms with van der Waals surface area (Å²) in [5.41, 5.74) is 0. The van der Waals surface area contributed by atoms with Gasteiger partial charge in [0.25, 0.3) is 10.0 Å². The molecule has 0 amide bonds. The fraction of sp³-hybridized carbons (Fsp3) is 0.923. The second-order valence-corrected chi connectivity index (χ2v) is 7.73. The molecule has 0 saturated carbocycles. The monoisotopic (exact) mass is 493 g/mol. The predicted molar refractivity (Wildman–Crippen MR) is 75.2 cm³/mol. The van der Waals surface area contributed by atoms with E-state index in [1.165, 1.54) is 6.92 Å². The molecular weight excluding hydrogens is 476 g/mol. The van der Waals surface area contributed by atoms with E-state index in [1.807, 2.05) is 0 Å². The summed E-state index contributed by atoms with van der Waals surface area (Å²) in [6.45, 7) is -0.544. The van der Waals surface area contributed by atoms with Crippen LogP contribution in [0.3, 0.4) is 0 Å². The Kier molecular flexibility index (Phi) is 12.3. The van der Waals surface area contributed by atoms with Gasteiger partial charge in [-0.1, -0.05) is 13.3 Å². The van der Waals surface area contributed by atoms with Gasteiger partial charge >= 0.3 is 74.7 Å². The van der Waals surface area contributed by atoms with Gasteiger partial charge in [0, 0.05) is 19.1 Å². The molecule has 0 spiro atoms. The number of rotatable bonds is 12. The Hall–Kier alpha value is 0.386. The molecule has 0 fully saturated rings. The number of alkyl halides is 9. The SMILES string of the molecule is CCCN(CCCCCC(=O)[O-])S(=O)(=O)C(F)(F)C(F)(F)C(F)(F)C(F)(F)F.[K+]. The van der Waals surface area contributed by atoms with Crippen molar-refractivity contribution in [2.75, 3.05) is 13.1 Å². The summed E-state index contributed by atoms with van der Waals surface area (Å²) in [6, 6.07) is 0. The maximum absolute atomic E-state index is 13.8. The van der Waals surface area contributed by atoms with Gasteiger partial charge in [0.1, 0.15) is 0 Å². The van der Waals surface area contributed by atoms with Gasteiger partial charge in [-0.3, -0.25) is 0 Å². The Balaban J connectivity index is 0. The Morgan fingerprint density at radius 1 is 0.862 bits per heavy atom. The number of carboxylic acids is 1. The molecule has 168 valence electrons. The van der Waals surface area contributed by atoms with Gasteiger partial charge in [-0.25, -0.2) is 8.42 Å². The Labute approximate surface area is 203 Å². The van der Waals surface area contributed by atoms with Crippen molar-refractivity contribution in [2.24, 2.45) is 0 Å². The maximum atomic E-state index is 13.8. The van der Waals surface area contributed by atoms with E-state index in [2.05, 4.69) is 0 Å². The molecule has 0 atom stereocenters.